The second-order valence-corrected chi connectivity index (χ2v) is 6.40. The minimum absolute atomic E-state index is 0.278. The fraction of sp³-hybridized carbons (Fsp3) is 0.421. The van der Waals surface area contributed by atoms with Crippen molar-refractivity contribution < 1.29 is 9.59 Å². The van der Waals surface area contributed by atoms with Gasteiger partial charge in [0.25, 0.3) is 0 Å². The lowest BCUT2D eigenvalue weighted by molar-refractivity contribution is -0.128. The van der Waals surface area contributed by atoms with Crippen LogP contribution in [-0.2, 0) is 9.59 Å². The third-order valence-corrected chi connectivity index (χ3v) is 4.56. The first kappa shape index (κ1) is 20.3. The first-order valence-electron chi connectivity index (χ1n) is 7.96. The molecule has 0 bridgehead atoms. The lowest BCUT2D eigenvalue weighted by Crippen LogP contribution is -2.27. The van der Waals surface area contributed by atoms with Crippen molar-refractivity contribution in [1.82, 2.24) is 4.90 Å². The van der Waals surface area contributed by atoms with Crippen LogP contribution in [0.25, 0.3) is 5.57 Å². The molecule has 0 radical (unpaired) electrons. The summed E-state index contributed by atoms with van der Waals surface area (Å²) in [6.07, 6.45) is 4.70. The second-order valence-electron chi connectivity index (χ2n) is 5.61. The number of piperidine rings is 1. The van der Waals surface area contributed by atoms with E-state index >= 15 is 0 Å². The Hall–Kier alpha value is -1.72. The Balaban J connectivity index is 0.000000505. The molecule has 0 saturated carbocycles. The lowest BCUT2D eigenvalue weighted by atomic mass is 9.94. The number of likely N-dealkylation sites (tertiary alicyclic amines) is 1. The minimum Gasteiger partial charge on any atom is -0.306 e. The SMILES string of the molecule is CC(=O)C=O.CN=C(SC)C(=C1CCN(C)CC1)c1ccccc1. The van der Waals surface area contributed by atoms with Crippen molar-refractivity contribution in [2.75, 3.05) is 33.4 Å². The highest BCUT2D eigenvalue weighted by atomic mass is 32.2. The van der Waals surface area contributed by atoms with Crippen LogP contribution >= 0.6 is 11.8 Å². The Labute approximate surface area is 149 Å². The van der Waals surface area contributed by atoms with Crippen LogP contribution in [0.5, 0.6) is 0 Å². The molecule has 0 N–H and O–H groups in total. The molecular formula is C19H26N2O2S. The summed E-state index contributed by atoms with van der Waals surface area (Å²) in [6, 6.07) is 10.7. The summed E-state index contributed by atoms with van der Waals surface area (Å²) in [6.45, 7) is 3.51. The number of aldehydes is 1. The van der Waals surface area contributed by atoms with Crippen LogP contribution in [0.3, 0.4) is 0 Å². The predicted octanol–water partition coefficient (Wildman–Crippen LogP) is 3.33. The van der Waals surface area contributed by atoms with E-state index in [4.69, 9.17) is 4.79 Å². The number of carbonyl (C=O) groups is 2. The molecule has 24 heavy (non-hydrogen) atoms. The maximum absolute atomic E-state index is 9.44. The minimum atomic E-state index is -0.426. The van der Waals surface area contributed by atoms with Gasteiger partial charge in [-0.1, -0.05) is 35.9 Å². The summed E-state index contributed by atoms with van der Waals surface area (Å²) in [5.41, 5.74) is 4.22. The molecule has 0 amide bonds. The molecule has 0 aromatic heterocycles. The molecule has 0 atom stereocenters. The summed E-state index contributed by atoms with van der Waals surface area (Å²) < 4.78 is 0. The van der Waals surface area contributed by atoms with Crippen molar-refractivity contribution in [1.29, 1.82) is 0 Å². The summed E-state index contributed by atoms with van der Waals surface area (Å²) in [5.74, 6) is -0.426. The third kappa shape index (κ3) is 6.42. The Morgan fingerprint density at radius 3 is 2.17 bits per heavy atom. The summed E-state index contributed by atoms with van der Waals surface area (Å²) in [7, 11) is 4.09. The smallest absolute Gasteiger partial charge is 0.192 e. The van der Waals surface area contributed by atoms with E-state index in [1.807, 2.05) is 7.05 Å². The summed E-state index contributed by atoms with van der Waals surface area (Å²) in [5, 5.41) is 1.16. The van der Waals surface area contributed by atoms with E-state index in [1.54, 1.807) is 17.3 Å². The van der Waals surface area contributed by atoms with Gasteiger partial charge in [-0.15, -0.1) is 11.8 Å². The monoisotopic (exact) mass is 346 g/mol. The van der Waals surface area contributed by atoms with Gasteiger partial charge in [0.15, 0.2) is 12.1 Å². The Bertz CT molecular complexity index is 599. The van der Waals surface area contributed by atoms with Gasteiger partial charge in [0, 0.05) is 32.6 Å². The average Bonchev–Trinajstić information content (AvgIpc) is 2.62. The molecule has 1 fully saturated rings. The van der Waals surface area contributed by atoms with Crippen molar-refractivity contribution in [2.45, 2.75) is 19.8 Å². The van der Waals surface area contributed by atoms with E-state index in [0.717, 1.165) is 31.0 Å². The number of ketones is 1. The first-order chi connectivity index (χ1) is 11.5. The predicted molar refractivity (Wildman–Crippen MR) is 104 cm³/mol. The lowest BCUT2D eigenvalue weighted by Gasteiger charge is -2.27. The molecule has 1 aliphatic heterocycles. The number of benzene rings is 1. The van der Waals surface area contributed by atoms with Crippen LogP contribution in [0, 0.1) is 0 Å². The van der Waals surface area contributed by atoms with Crippen LogP contribution < -0.4 is 0 Å². The van der Waals surface area contributed by atoms with Crippen LogP contribution in [-0.4, -0.2) is 55.5 Å². The average molecular weight is 346 g/mol. The van der Waals surface area contributed by atoms with Gasteiger partial charge in [-0.2, -0.15) is 0 Å². The molecule has 0 unspecified atom stereocenters. The number of rotatable bonds is 3. The molecular weight excluding hydrogens is 320 g/mol. The van der Waals surface area contributed by atoms with Gasteiger partial charge >= 0.3 is 0 Å². The van der Waals surface area contributed by atoms with Crippen molar-refractivity contribution in [3.05, 3.63) is 41.5 Å². The summed E-state index contributed by atoms with van der Waals surface area (Å²) in [4.78, 5) is 25.5. The fourth-order valence-corrected chi connectivity index (χ4v) is 3.18. The first-order valence-corrected chi connectivity index (χ1v) is 9.18. The van der Waals surface area contributed by atoms with Gasteiger partial charge in [-0.05, 0) is 31.7 Å². The molecule has 1 aliphatic rings. The van der Waals surface area contributed by atoms with Gasteiger partial charge in [0.05, 0.1) is 5.04 Å². The molecule has 5 heteroatoms. The molecule has 0 aliphatic carbocycles. The van der Waals surface area contributed by atoms with E-state index in [-0.39, 0.29) is 6.29 Å². The molecule has 0 spiro atoms. The molecule has 1 saturated heterocycles. The van der Waals surface area contributed by atoms with Gasteiger partial charge in [-0.25, -0.2) is 0 Å². The van der Waals surface area contributed by atoms with Crippen LogP contribution in [0.1, 0.15) is 25.3 Å². The quantitative estimate of drug-likeness (QED) is 0.365. The number of nitrogens with zero attached hydrogens (tertiary/aromatic N) is 2. The number of carbonyl (C=O) groups excluding carboxylic acids is 2. The highest BCUT2D eigenvalue weighted by molar-refractivity contribution is 8.14. The molecule has 4 nitrogen and oxygen atoms in total. The van der Waals surface area contributed by atoms with Crippen molar-refractivity contribution in [3.8, 4) is 0 Å². The number of aliphatic imine (C=N–C) groups is 1. The highest BCUT2D eigenvalue weighted by Gasteiger charge is 2.18. The zero-order valence-electron chi connectivity index (χ0n) is 14.9. The van der Waals surface area contributed by atoms with Gasteiger partial charge < -0.3 is 4.90 Å². The second kappa shape index (κ2) is 10.9. The fourth-order valence-electron chi connectivity index (χ4n) is 2.53. The highest BCUT2D eigenvalue weighted by Crippen LogP contribution is 2.30. The van der Waals surface area contributed by atoms with Crippen molar-refractivity contribution >= 4 is 34.4 Å². The van der Waals surface area contributed by atoms with Gasteiger partial charge in [0.1, 0.15) is 0 Å². The largest absolute Gasteiger partial charge is 0.306 e. The molecule has 130 valence electrons. The third-order valence-electron chi connectivity index (χ3n) is 3.78. The maximum Gasteiger partial charge on any atom is 0.192 e. The van der Waals surface area contributed by atoms with Crippen molar-refractivity contribution in [3.63, 3.8) is 0 Å². The Kier molecular flexibility index (Phi) is 9.27. The molecule has 2 rings (SSSR count). The van der Waals surface area contributed by atoms with E-state index < -0.39 is 5.78 Å². The van der Waals surface area contributed by atoms with Gasteiger partial charge in [0.2, 0.25) is 0 Å². The molecule has 1 aromatic rings. The number of hydrogen-bond donors (Lipinski definition) is 0. The number of thioether (sulfide) groups is 1. The number of Topliss-reactive ketones (excluding diaryl/α,β-unsaturated/α-hetero) is 1. The zero-order valence-corrected chi connectivity index (χ0v) is 15.7. The standard InChI is InChI=1S/C16H22N2S.C3H4O2/c1-17-16(19-3)15(13-7-5-4-6-8-13)14-9-11-18(2)12-10-14;1-3(5)2-4/h4-8H,9-12H2,1-3H3;2H,1H3. The van der Waals surface area contributed by atoms with Crippen molar-refractivity contribution in [2.24, 2.45) is 4.99 Å². The summed E-state index contributed by atoms with van der Waals surface area (Å²) >= 11 is 1.75. The maximum atomic E-state index is 9.44. The Morgan fingerprint density at radius 2 is 1.75 bits per heavy atom. The normalized spacial score (nSPS) is 15.3. The number of hydrogen-bond acceptors (Lipinski definition) is 5. The molecule has 1 aromatic carbocycles. The van der Waals surface area contributed by atoms with E-state index in [9.17, 15) is 4.79 Å². The van der Waals surface area contributed by atoms with Crippen LogP contribution in [0.15, 0.2) is 40.9 Å². The van der Waals surface area contributed by atoms with E-state index in [2.05, 4.69) is 53.5 Å². The van der Waals surface area contributed by atoms with Gasteiger partial charge in [-0.3, -0.25) is 14.6 Å². The van der Waals surface area contributed by atoms with E-state index in [1.165, 1.54) is 18.1 Å². The Morgan fingerprint density at radius 1 is 1.21 bits per heavy atom. The topological polar surface area (TPSA) is 49.7 Å². The zero-order chi connectivity index (χ0) is 17.9. The van der Waals surface area contributed by atoms with Crippen LogP contribution in [0.4, 0.5) is 0 Å². The van der Waals surface area contributed by atoms with E-state index in [0.29, 0.717) is 0 Å². The van der Waals surface area contributed by atoms with Crippen LogP contribution in [0.2, 0.25) is 0 Å². The molecule has 1 heterocycles.